The number of H-pyrrole nitrogens is 1. The molecule has 1 unspecified atom stereocenters. The summed E-state index contributed by atoms with van der Waals surface area (Å²) >= 11 is 0. The Bertz CT molecular complexity index is 729. The molecule has 1 aliphatic rings. The molecule has 1 saturated heterocycles. The summed E-state index contributed by atoms with van der Waals surface area (Å²) in [5.74, 6) is 0.857. The smallest absolute Gasteiger partial charge is 0.389 e. The maximum absolute atomic E-state index is 12.7. The Morgan fingerprint density at radius 1 is 1.21 bits per heavy atom. The number of ether oxygens (including phenoxy) is 1. The first kappa shape index (κ1) is 21.0. The Morgan fingerprint density at radius 2 is 2.00 bits per heavy atom. The number of alkyl halides is 3. The largest absolute Gasteiger partial charge is 0.490 e. The van der Waals surface area contributed by atoms with Gasteiger partial charge < -0.3 is 25.5 Å². The second-order valence-electron chi connectivity index (χ2n) is 7.42. The molecule has 156 valence electrons. The second kappa shape index (κ2) is 9.62. The number of aliphatic hydroxyl groups excluding tert-OH is 1. The lowest BCUT2D eigenvalue weighted by Crippen LogP contribution is -2.45. The first-order valence-corrected chi connectivity index (χ1v) is 9.80. The number of benzene rings is 1. The Balaban J connectivity index is 1.50. The van der Waals surface area contributed by atoms with Crippen molar-refractivity contribution in [3.63, 3.8) is 0 Å². The summed E-state index contributed by atoms with van der Waals surface area (Å²) in [5, 5.41) is 17.6. The average molecular weight is 399 g/mol. The molecule has 1 aromatic carbocycles. The highest BCUT2D eigenvalue weighted by molar-refractivity contribution is 5.85. The normalized spacial score (nSPS) is 18.3. The Morgan fingerprint density at radius 3 is 2.75 bits per heavy atom. The van der Waals surface area contributed by atoms with Crippen molar-refractivity contribution in [2.24, 2.45) is 5.92 Å². The van der Waals surface area contributed by atoms with E-state index in [2.05, 4.69) is 15.6 Å². The van der Waals surface area contributed by atoms with Crippen LogP contribution in [0.15, 0.2) is 30.5 Å². The van der Waals surface area contributed by atoms with Gasteiger partial charge in [0.15, 0.2) is 0 Å². The van der Waals surface area contributed by atoms with Gasteiger partial charge in [0.1, 0.15) is 18.5 Å². The summed E-state index contributed by atoms with van der Waals surface area (Å²) in [6.45, 7) is 1.92. The third-order valence-electron chi connectivity index (χ3n) is 5.29. The fourth-order valence-electron chi connectivity index (χ4n) is 3.78. The zero-order valence-corrected chi connectivity index (χ0v) is 15.8. The fraction of sp³-hybridized carbons (Fsp3) is 0.600. The second-order valence-corrected chi connectivity index (χ2v) is 7.42. The van der Waals surface area contributed by atoms with Crippen LogP contribution in [0.1, 0.15) is 25.7 Å². The average Bonchev–Trinajstić information content (AvgIpc) is 3.15. The number of aliphatic hydroxyl groups is 1. The van der Waals surface area contributed by atoms with Crippen molar-refractivity contribution >= 4 is 10.9 Å². The van der Waals surface area contributed by atoms with E-state index >= 15 is 0 Å². The van der Waals surface area contributed by atoms with Crippen molar-refractivity contribution in [1.82, 2.24) is 15.6 Å². The highest BCUT2D eigenvalue weighted by Crippen LogP contribution is 2.27. The first-order chi connectivity index (χ1) is 13.4. The van der Waals surface area contributed by atoms with Crippen LogP contribution in [0.2, 0.25) is 0 Å². The molecule has 28 heavy (non-hydrogen) atoms. The predicted molar refractivity (Wildman–Crippen MR) is 102 cm³/mol. The minimum Gasteiger partial charge on any atom is -0.490 e. The maximum atomic E-state index is 12.7. The van der Waals surface area contributed by atoms with Crippen LogP contribution in [0.25, 0.3) is 10.9 Å². The van der Waals surface area contributed by atoms with E-state index in [1.54, 1.807) is 0 Å². The molecule has 4 N–H and O–H groups in total. The molecule has 1 fully saturated rings. The topological polar surface area (TPSA) is 69.3 Å². The van der Waals surface area contributed by atoms with Gasteiger partial charge in [-0.2, -0.15) is 13.2 Å². The number of aromatic nitrogens is 1. The monoisotopic (exact) mass is 399 g/mol. The van der Waals surface area contributed by atoms with Gasteiger partial charge in [0.05, 0.1) is 0 Å². The van der Waals surface area contributed by atoms with Gasteiger partial charge in [-0.05, 0) is 56.5 Å². The molecule has 0 radical (unpaired) electrons. The molecule has 1 aromatic heterocycles. The van der Waals surface area contributed by atoms with Crippen molar-refractivity contribution in [2.75, 3.05) is 26.2 Å². The van der Waals surface area contributed by atoms with E-state index in [1.807, 2.05) is 30.5 Å². The molecule has 2 aromatic rings. The molecule has 8 heteroatoms. The molecule has 0 bridgehead atoms. The van der Waals surface area contributed by atoms with Gasteiger partial charge >= 0.3 is 6.18 Å². The fourth-order valence-corrected chi connectivity index (χ4v) is 3.78. The first-order valence-electron chi connectivity index (χ1n) is 9.80. The molecule has 0 amide bonds. The number of rotatable bonds is 9. The van der Waals surface area contributed by atoms with Crippen LogP contribution in [-0.4, -0.2) is 54.7 Å². The minimum absolute atomic E-state index is 0.0321. The Kier molecular flexibility index (Phi) is 7.20. The summed E-state index contributed by atoms with van der Waals surface area (Å²) in [4.78, 5) is 3.10. The molecule has 3 rings (SSSR count). The lowest BCUT2D eigenvalue weighted by molar-refractivity contribution is -0.137. The number of piperidine rings is 1. The predicted octanol–water partition coefficient (Wildman–Crippen LogP) is 3.21. The van der Waals surface area contributed by atoms with Crippen LogP contribution in [0.3, 0.4) is 0 Å². The van der Waals surface area contributed by atoms with Crippen LogP contribution >= 0.6 is 0 Å². The van der Waals surface area contributed by atoms with Crippen LogP contribution in [-0.2, 0) is 0 Å². The summed E-state index contributed by atoms with van der Waals surface area (Å²) in [7, 11) is 0. The molecule has 2 heterocycles. The highest BCUT2D eigenvalue weighted by atomic mass is 19.4. The van der Waals surface area contributed by atoms with Crippen LogP contribution in [0.5, 0.6) is 5.75 Å². The Labute approximate surface area is 162 Å². The van der Waals surface area contributed by atoms with Crippen LogP contribution in [0.4, 0.5) is 13.2 Å². The van der Waals surface area contributed by atoms with Gasteiger partial charge in [0.25, 0.3) is 0 Å². The maximum Gasteiger partial charge on any atom is 0.389 e. The van der Waals surface area contributed by atoms with Crippen molar-refractivity contribution in [1.29, 1.82) is 0 Å². The number of aromatic amines is 1. The summed E-state index contributed by atoms with van der Waals surface area (Å²) < 4.78 is 43.8. The van der Waals surface area contributed by atoms with E-state index < -0.39 is 18.7 Å². The molecule has 0 aliphatic carbocycles. The summed E-state index contributed by atoms with van der Waals surface area (Å²) in [5.41, 5.74) is 0.947. The lowest BCUT2D eigenvalue weighted by atomic mass is 9.87. The highest BCUT2D eigenvalue weighted by Gasteiger charge is 2.31. The van der Waals surface area contributed by atoms with Gasteiger partial charge in [-0.15, -0.1) is 0 Å². The SMILES string of the molecule is O[C@@H](CNC(CCC(F)(F)F)C1CCNCC1)COc1cccc2[nH]ccc12. The molecule has 0 saturated carbocycles. The van der Waals surface area contributed by atoms with Gasteiger partial charge in [-0.25, -0.2) is 0 Å². The quantitative estimate of drug-likeness (QED) is 0.523. The van der Waals surface area contributed by atoms with E-state index in [0.717, 1.165) is 36.8 Å². The summed E-state index contributed by atoms with van der Waals surface area (Å²) in [6.07, 6.45) is -2.23. The van der Waals surface area contributed by atoms with Gasteiger partial charge in [0.2, 0.25) is 0 Å². The zero-order chi connectivity index (χ0) is 20.0. The molecule has 2 atom stereocenters. The van der Waals surface area contributed by atoms with Crippen molar-refractivity contribution in [3.8, 4) is 5.75 Å². The molecule has 5 nitrogen and oxygen atoms in total. The zero-order valence-electron chi connectivity index (χ0n) is 15.8. The van der Waals surface area contributed by atoms with E-state index in [0.29, 0.717) is 5.75 Å². The number of hydrogen-bond acceptors (Lipinski definition) is 4. The molecular weight excluding hydrogens is 371 g/mol. The minimum atomic E-state index is -4.16. The van der Waals surface area contributed by atoms with Crippen molar-refractivity contribution < 1.29 is 23.0 Å². The summed E-state index contributed by atoms with van der Waals surface area (Å²) in [6, 6.07) is 7.27. The number of hydrogen-bond donors (Lipinski definition) is 4. The van der Waals surface area contributed by atoms with Gasteiger partial charge in [-0.1, -0.05) is 6.07 Å². The molecule has 1 aliphatic heterocycles. The Hall–Kier alpha value is -1.77. The van der Waals surface area contributed by atoms with E-state index in [-0.39, 0.29) is 31.5 Å². The van der Waals surface area contributed by atoms with Crippen molar-refractivity contribution in [2.45, 2.75) is 44.0 Å². The number of halogens is 3. The molecule has 0 spiro atoms. The van der Waals surface area contributed by atoms with E-state index in [1.165, 1.54) is 0 Å². The van der Waals surface area contributed by atoms with Crippen LogP contribution < -0.4 is 15.4 Å². The third-order valence-corrected chi connectivity index (χ3v) is 5.29. The van der Waals surface area contributed by atoms with Gasteiger partial charge in [-0.3, -0.25) is 0 Å². The van der Waals surface area contributed by atoms with E-state index in [9.17, 15) is 18.3 Å². The van der Waals surface area contributed by atoms with Crippen LogP contribution in [0, 0.1) is 5.92 Å². The van der Waals surface area contributed by atoms with Gasteiger partial charge in [0, 0.05) is 36.1 Å². The third kappa shape index (κ3) is 6.12. The van der Waals surface area contributed by atoms with Crippen molar-refractivity contribution in [3.05, 3.63) is 30.5 Å². The molecular formula is C20H28F3N3O2. The number of fused-ring (bicyclic) bond motifs is 1. The number of nitrogens with one attached hydrogen (secondary N) is 3. The standard InChI is InChI=1S/C20H28F3N3O2/c21-20(22,23)8-4-17(14-5-9-24-10-6-14)26-12-15(27)13-28-19-3-1-2-18-16(19)7-11-25-18/h1-3,7,11,14-15,17,24-27H,4-6,8-10,12-13H2/t15-,17?/m0/s1. The lowest BCUT2D eigenvalue weighted by Gasteiger charge is -2.32. The van der Waals surface area contributed by atoms with E-state index in [4.69, 9.17) is 4.74 Å².